The van der Waals surface area contributed by atoms with Crippen molar-refractivity contribution in [1.82, 2.24) is 10.1 Å². The quantitative estimate of drug-likeness (QED) is 0.782. The zero-order valence-corrected chi connectivity index (χ0v) is 12.9. The van der Waals surface area contributed by atoms with Crippen LogP contribution >= 0.6 is 11.8 Å². The van der Waals surface area contributed by atoms with Crippen molar-refractivity contribution >= 4 is 34.5 Å². The number of rotatable bonds is 5. The number of aryl methyl sites for hydroxylation is 1. The van der Waals surface area contributed by atoms with E-state index >= 15 is 0 Å². The average Bonchev–Trinajstić information content (AvgIpc) is 2.92. The molecule has 0 fully saturated rings. The van der Waals surface area contributed by atoms with Crippen molar-refractivity contribution in [1.29, 1.82) is 0 Å². The maximum atomic E-state index is 11.8. The molecule has 0 aliphatic rings. The Morgan fingerprint density at radius 3 is 2.86 bits per heavy atom. The van der Waals surface area contributed by atoms with Crippen molar-refractivity contribution in [3.05, 3.63) is 53.9 Å². The minimum Gasteiger partial charge on any atom is -0.315 e. The third-order valence-electron chi connectivity index (χ3n) is 3.14. The van der Waals surface area contributed by atoms with Crippen LogP contribution in [0.5, 0.6) is 0 Å². The second-order valence-corrected chi connectivity index (χ2v) is 5.81. The molecule has 1 amide bonds. The van der Waals surface area contributed by atoms with Crippen molar-refractivity contribution in [3.8, 4) is 0 Å². The van der Waals surface area contributed by atoms with E-state index in [4.69, 9.17) is 4.52 Å². The fourth-order valence-corrected chi connectivity index (χ4v) is 3.01. The summed E-state index contributed by atoms with van der Waals surface area (Å²) in [6.07, 6.45) is 0. The largest absolute Gasteiger partial charge is 0.328 e. The van der Waals surface area contributed by atoms with Crippen LogP contribution in [0.2, 0.25) is 0 Å². The zero-order valence-electron chi connectivity index (χ0n) is 12.1. The molecule has 0 atom stereocenters. The lowest BCUT2D eigenvalue weighted by Crippen LogP contribution is -2.14. The molecule has 0 bridgehead atoms. The highest BCUT2D eigenvalue weighted by Crippen LogP contribution is 2.22. The second-order valence-electron chi connectivity index (χ2n) is 4.83. The standard InChI is InChI=1S/C16H15N3O2S/c1-11-17-16(21-19-11)18-15(20)10-22-9-13-7-4-6-12-5-2-3-8-14(12)13/h2-8H,9-10H2,1H3,(H,17,18,19,20). The summed E-state index contributed by atoms with van der Waals surface area (Å²) in [7, 11) is 0. The van der Waals surface area contributed by atoms with Gasteiger partial charge in [-0.2, -0.15) is 4.98 Å². The third kappa shape index (κ3) is 3.46. The first-order valence-electron chi connectivity index (χ1n) is 6.87. The molecular weight excluding hydrogens is 298 g/mol. The Morgan fingerprint density at radius 1 is 1.23 bits per heavy atom. The molecule has 3 rings (SSSR count). The zero-order chi connectivity index (χ0) is 15.4. The van der Waals surface area contributed by atoms with Gasteiger partial charge in [-0.05, 0) is 23.3 Å². The highest BCUT2D eigenvalue weighted by Gasteiger charge is 2.08. The van der Waals surface area contributed by atoms with E-state index in [0.29, 0.717) is 11.6 Å². The molecule has 0 aliphatic carbocycles. The smallest absolute Gasteiger partial charge is 0.315 e. The van der Waals surface area contributed by atoms with Crippen LogP contribution in [0, 0.1) is 6.92 Å². The number of hydrogen-bond acceptors (Lipinski definition) is 5. The summed E-state index contributed by atoms with van der Waals surface area (Å²) in [6, 6.07) is 14.6. The Hall–Kier alpha value is -2.34. The number of nitrogens with zero attached hydrogens (tertiary/aromatic N) is 2. The highest BCUT2D eigenvalue weighted by atomic mass is 32.2. The van der Waals surface area contributed by atoms with Crippen molar-refractivity contribution in [3.63, 3.8) is 0 Å². The maximum absolute atomic E-state index is 11.8. The van der Waals surface area contributed by atoms with Gasteiger partial charge in [0.2, 0.25) is 5.91 Å². The Labute approximate surface area is 132 Å². The lowest BCUT2D eigenvalue weighted by Gasteiger charge is -2.06. The molecule has 1 N–H and O–H groups in total. The fourth-order valence-electron chi connectivity index (χ4n) is 2.18. The summed E-state index contributed by atoms with van der Waals surface area (Å²) in [5.41, 5.74) is 1.23. The van der Waals surface area contributed by atoms with Crippen molar-refractivity contribution in [2.24, 2.45) is 0 Å². The number of nitrogens with one attached hydrogen (secondary N) is 1. The van der Waals surface area contributed by atoms with Gasteiger partial charge in [0.05, 0.1) is 5.75 Å². The number of amides is 1. The molecule has 6 heteroatoms. The van der Waals surface area contributed by atoms with Gasteiger partial charge in [0.25, 0.3) is 0 Å². The van der Waals surface area contributed by atoms with Crippen molar-refractivity contribution in [2.75, 3.05) is 11.1 Å². The lowest BCUT2D eigenvalue weighted by molar-refractivity contribution is -0.114. The average molecular weight is 313 g/mol. The van der Waals surface area contributed by atoms with E-state index in [2.05, 4.69) is 39.7 Å². The number of benzene rings is 2. The maximum Gasteiger partial charge on any atom is 0.328 e. The number of thioether (sulfide) groups is 1. The van der Waals surface area contributed by atoms with Crippen LogP contribution in [0.25, 0.3) is 10.8 Å². The first-order valence-corrected chi connectivity index (χ1v) is 8.02. The lowest BCUT2D eigenvalue weighted by atomic mass is 10.1. The molecule has 3 aromatic rings. The topological polar surface area (TPSA) is 68.0 Å². The van der Waals surface area contributed by atoms with Gasteiger partial charge < -0.3 is 4.52 Å². The van der Waals surface area contributed by atoms with Crippen LogP contribution in [0.3, 0.4) is 0 Å². The van der Waals surface area contributed by atoms with Gasteiger partial charge in [-0.3, -0.25) is 10.1 Å². The van der Waals surface area contributed by atoms with Gasteiger partial charge in [0.15, 0.2) is 5.82 Å². The molecule has 0 spiro atoms. The van der Waals surface area contributed by atoms with Crippen LogP contribution in [0.15, 0.2) is 47.0 Å². The van der Waals surface area contributed by atoms with Crippen LogP contribution in [0.1, 0.15) is 11.4 Å². The van der Waals surface area contributed by atoms with E-state index in [1.165, 1.54) is 16.3 Å². The van der Waals surface area contributed by atoms with Gasteiger partial charge in [0.1, 0.15) is 0 Å². The molecule has 0 radical (unpaired) electrons. The Kier molecular flexibility index (Phi) is 4.39. The summed E-state index contributed by atoms with van der Waals surface area (Å²) in [5, 5.41) is 8.65. The minimum absolute atomic E-state index is 0.145. The molecule has 0 saturated heterocycles. The minimum atomic E-state index is -0.145. The predicted octanol–water partition coefficient (Wildman–Crippen LogP) is 3.40. The highest BCUT2D eigenvalue weighted by molar-refractivity contribution is 7.99. The first kappa shape index (κ1) is 14.6. The van der Waals surface area contributed by atoms with Crippen molar-refractivity contribution < 1.29 is 9.32 Å². The summed E-state index contributed by atoms with van der Waals surface area (Å²) < 4.78 is 4.85. The molecule has 22 heavy (non-hydrogen) atoms. The molecule has 1 aromatic heterocycles. The number of aromatic nitrogens is 2. The Balaban J connectivity index is 1.57. The third-order valence-corrected chi connectivity index (χ3v) is 4.13. The van der Waals surface area contributed by atoms with Gasteiger partial charge in [0, 0.05) is 5.75 Å². The van der Waals surface area contributed by atoms with E-state index in [-0.39, 0.29) is 11.9 Å². The second kappa shape index (κ2) is 6.62. The van der Waals surface area contributed by atoms with E-state index < -0.39 is 0 Å². The van der Waals surface area contributed by atoms with Gasteiger partial charge in [-0.25, -0.2) is 0 Å². The van der Waals surface area contributed by atoms with E-state index in [1.807, 2.05) is 18.2 Å². The molecule has 0 unspecified atom stereocenters. The Bertz CT molecular complexity index is 795. The van der Waals surface area contributed by atoms with Crippen LogP contribution in [0.4, 0.5) is 6.01 Å². The molecule has 2 aromatic carbocycles. The first-order chi connectivity index (χ1) is 10.7. The number of carbonyl (C=O) groups is 1. The number of fused-ring (bicyclic) bond motifs is 1. The normalized spacial score (nSPS) is 10.8. The summed E-state index contributed by atoms with van der Waals surface area (Å²) in [6.45, 7) is 1.70. The SMILES string of the molecule is Cc1noc(NC(=O)CSCc2cccc3ccccc23)n1. The van der Waals surface area contributed by atoms with E-state index in [1.54, 1.807) is 18.7 Å². The van der Waals surface area contributed by atoms with Crippen LogP contribution in [-0.2, 0) is 10.5 Å². The van der Waals surface area contributed by atoms with Crippen molar-refractivity contribution in [2.45, 2.75) is 12.7 Å². The summed E-state index contributed by atoms with van der Waals surface area (Å²) in [5.74, 6) is 1.47. The van der Waals surface area contributed by atoms with Crippen LogP contribution < -0.4 is 5.32 Å². The van der Waals surface area contributed by atoms with Gasteiger partial charge >= 0.3 is 6.01 Å². The molecule has 112 valence electrons. The molecule has 0 saturated carbocycles. The fraction of sp³-hybridized carbons (Fsp3) is 0.188. The number of carbonyl (C=O) groups excluding carboxylic acids is 1. The molecular formula is C16H15N3O2S. The summed E-state index contributed by atoms with van der Waals surface area (Å²) >= 11 is 1.55. The number of hydrogen-bond donors (Lipinski definition) is 1. The van der Waals surface area contributed by atoms with E-state index in [9.17, 15) is 4.79 Å². The molecule has 5 nitrogen and oxygen atoms in total. The van der Waals surface area contributed by atoms with Gasteiger partial charge in [-0.1, -0.05) is 47.6 Å². The van der Waals surface area contributed by atoms with Crippen LogP contribution in [-0.4, -0.2) is 21.8 Å². The summed E-state index contributed by atoms with van der Waals surface area (Å²) in [4.78, 5) is 15.8. The predicted molar refractivity (Wildman–Crippen MR) is 87.8 cm³/mol. The molecule has 0 aliphatic heterocycles. The van der Waals surface area contributed by atoms with Gasteiger partial charge in [-0.15, -0.1) is 11.8 Å². The molecule has 1 heterocycles. The van der Waals surface area contributed by atoms with E-state index in [0.717, 1.165) is 5.75 Å². The monoisotopic (exact) mass is 313 g/mol. The Morgan fingerprint density at radius 2 is 2.05 bits per heavy atom. The number of anilines is 1.